The summed E-state index contributed by atoms with van der Waals surface area (Å²) in [5.74, 6) is 0.384. The molecule has 1 saturated heterocycles. The van der Waals surface area contributed by atoms with Crippen LogP contribution in [0.25, 0.3) is 11.3 Å². The Morgan fingerprint density at radius 2 is 1.70 bits per heavy atom. The van der Waals surface area contributed by atoms with Crippen LogP contribution in [0, 0.1) is 25.2 Å². The number of amides is 1. The zero-order chi connectivity index (χ0) is 31.1. The largest absolute Gasteiger partial charge is 0.471 e. The summed E-state index contributed by atoms with van der Waals surface area (Å²) < 4.78 is 36.2. The molecule has 9 nitrogen and oxygen atoms in total. The van der Waals surface area contributed by atoms with Crippen molar-refractivity contribution in [1.82, 2.24) is 19.8 Å². The minimum atomic E-state index is -4.10. The maximum atomic E-state index is 14.0. The van der Waals surface area contributed by atoms with Crippen molar-refractivity contribution in [3.63, 3.8) is 0 Å². The molecule has 5 rings (SSSR count). The lowest BCUT2D eigenvalue weighted by Crippen LogP contribution is -2.47. The lowest BCUT2D eigenvalue weighted by molar-refractivity contribution is 0.0680. The van der Waals surface area contributed by atoms with Crippen molar-refractivity contribution in [2.45, 2.75) is 71.9 Å². The van der Waals surface area contributed by atoms with Gasteiger partial charge >= 0.3 is 0 Å². The van der Waals surface area contributed by atoms with Crippen LogP contribution in [-0.2, 0) is 10.0 Å². The standard InChI is InChI=1S/C33H43N5O4S/c1-21(2)14-25-17-37-18-26(19-38(25)20-33(5,6)7)42-29-16-28(30-22(3)10-8-11-23(30)4)34-32(35-29)36-43(40,41)27-13-9-12-24(15-27)31(37)39/h8-13,15-16,21,25-26H,14,17-20H2,1-7H3,(H,34,35,36)/t25-,26-/m0/s1. The van der Waals surface area contributed by atoms with Gasteiger partial charge in [0.2, 0.25) is 11.8 Å². The first-order valence-corrected chi connectivity index (χ1v) is 16.5. The summed E-state index contributed by atoms with van der Waals surface area (Å²) in [6, 6.07) is 14.0. The number of carbonyl (C=O) groups is 1. The molecule has 1 fully saturated rings. The van der Waals surface area contributed by atoms with Crippen LogP contribution in [-0.4, -0.2) is 72.4 Å². The molecule has 230 valence electrons. The number of fused-ring (bicyclic) bond motifs is 6. The van der Waals surface area contributed by atoms with E-state index in [0.29, 0.717) is 36.8 Å². The first-order chi connectivity index (χ1) is 20.2. The van der Waals surface area contributed by atoms with Crippen molar-refractivity contribution in [2.24, 2.45) is 11.3 Å². The number of anilines is 1. The van der Waals surface area contributed by atoms with Gasteiger partial charge in [-0.2, -0.15) is 4.98 Å². The number of carbonyl (C=O) groups excluding carboxylic acids is 1. The van der Waals surface area contributed by atoms with E-state index in [9.17, 15) is 13.2 Å². The first-order valence-electron chi connectivity index (χ1n) is 15.0. The lowest BCUT2D eigenvalue weighted by atomic mass is 9.93. The summed E-state index contributed by atoms with van der Waals surface area (Å²) in [4.78, 5) is 27.4. The van der Waals surface area contributed by atoms with Crippen LogP contribution in [0.15, 0.2) is 53.4 Å². The van der Waals surface area contributed by atoms with Gasteiger partial charge < -0.3 is 9.64 Å². The van der Waals surface area contributed by atoms with Gasteiger partial charge in [-0.3, -0.25) is 9.69 Å². The van der Waals surface area contributed by atoms with E-state index in [4.69, 9.17) is 4.74 Å². The number of hydrogen-bond acceptors (Lipinski definition) is 7. The molecule has 10 heteroatoms. The average Bonchev–Trinajstić information content (AvgIpc) is 3.04. The average molecular weight is 606 g/mol. The third kappa shape index (κ3) is 7.18. The maximum absolute atomic E-state index is 14.0. The number of nitrogens with one attached hydrogen (secondary N) is 1. The maximum Gasteiger partial charge on any atom is 0.264 e. The van der Waals surface area contributed by atoms with Crippen molar-refractivity contribution >= 4 is 21.9 Å². The number of ether oxygens (including phenoxy) is 1. The fourth-order valence-corrected chi connectivity index (χ4v) is 7.17. The molecule has 1 N–H and O–H groups in total. The smallest absolute Gasteiger partial charge is 0.264 e. The summed E-state index contributed by atoms with van der Waals surface area (Å²) in [6.07, 6.45) is 0.511. The summed E-state index contributed by atoms with van der Waals surface area (Å²) >= 11 is 0. The molecule has 3 heterocycles. The van der Waals surface area contributed by atoms with E-state index in [1.54, 1.807) is 18.2 Å². The number of rotatable bonds is 4. The van der Waals surface area contributed by atoms with E-state index >= 15 is 0 Å². The predicted molar refractivity (Wildman–Crippen MR) is 169 cm³/mol. The van der Waals surface area contributed by atoms with Crippen LogP contribution in [0.4, 0.5) is 5.95 Å². The fraction of sp³-hybridized carbons (Fsp3) is 0.485. The van der Waals surface area contributed by atoms with E-state index in [-0.39, 0.29) is 34.1 Å². The quantitative estimate of drug-likeness (QED) is 0.416. The van der Waals surface area contributed by atoms with Crippen LogP contribution < -0.4 is 9.46 Å². The third-order valence-electron chi connectivity index (χ3n) is 7.86. The molecule has 2 aliphatic heterocycles. The molecular weight excluding hydrogens is 562 g/mol. The molecule has 6 bridgehead atoms. The molecule has 3 aromatic rings. The van der Waals surface area contributed by atoms with E-state index in [0.717, 1.165) is 29.7 Å². The van der Waals surface area contributed by atoms with Gasteiger partial charge in [-0.05, 0) is 60.9 Å². The second-order valence-electron chi connectivity index (χ2n) is 13.5. The number of sulfonamides is 1. The Morgan fingerprint density at radius 1 is 1.00 bits per heavy atom. The molecule has 2 aliphatic rings. The topological polar surface area (TPSA) is 105 Å². The molecule has 2 aromatic carbocycles. The lowest BCUT2D eigenvalue weighted by Gasteiger charge is -2.37. The molecule has 0 unspecified atom stereocenters. The van der Waals surface area contributed by atoms with E-state index in [1.165, 1.54) is 12.1 Å². The number of benzene rings is 2. The molecule has 2 atom stereocenters. The second kappa shape index (κ2) is 11.9. The summed E-state index contributed by atoms with van der Waals surface area (Å²) in [7, 11) is -4.10. The van der Waals surface area contributed by atoms with Gasteiger partial charge in [0.1, 0.15) is 6.10 Å². The van der Waals surface area contributed by atoms with E-state index in [1.807, 2.05) is 36.9 Å². The van der Waals surface area contributed by atoms with Crippen molar-refractivity contribution < 1.29 is 17.9 Å². The van der Waals surface area contributed by atoms with Crippen molar-refractivity contribution in [1.29, 1.82) is 0 Å². The van der Waals surface area contributed by atoms with Gasteiger partial charge in [-0.1, -0.05) is 58.9 Å². The highest BCUT2D eigenvalue weighted by Gasteiger charge is 2.36. The van der Waals surface area contributed by atoms with Crippen LogP contribution in [0.2, 0.25) is 0 Å². The number of nitrogens with zero attached hydrogens (tertiary/aromatic N) is 4. The highest BCUT2D eigenvalue weighted by molar-refractivity contribution is 7.92. The van der Waals surface area contributed by atoms with Gasteiger partial charge in [0.15, 0.2) is 0 Å². The predicted octanol–water partition coefficient (Wildman–Crippen LogP) is 5.54. The van der Waals surface area contributed by atoms with Crippen LogP contribution >= 0.6 is 0 Å². The summed E-state index contributed by atoms with van der Waals surface area (Å²) in [6.45, 7) is 17.4. The van der Waals surface area contributed by atoms with Gasteiger partial charge in [0.25, 0.3) is 15.9 Å². The minimum Gasteiger partial charge on any atom is -0.471 e. The fourth-order valence-electron chi connectivity index (χ4n) is 6.18. The van der Waals surface area contributed by atoms with Gasteiger partial charge in [-0.25, -0.2) is 18.1 Å². The Hall–Kier alpha value is -3.50. The van der Waals surface area contributed by atoms with E-state index in [2.05, 4.69) is 54.2 Å². The molecule has 0 radical (unpaired) electrons. The summed E-state index contributed by atoms with van der Waals surface area (Å²) in [5.41, 5.74) is 3.81. The minimum absolute atomic E-state index is 0.0272. The van der Waals surface area contributed by atoms with Gasteiger partial charge in [0.05, 0.1) is 17.1 Å². The molecule has 1 amide bonds. The Kier molecular flexibility index (Phi) is 8.55. The molecule has 43 heavy (non-hydrogen) atoms. The van der Waals surface area contributed by atoms with Crippen LogP contribution in [0.5, 0.6) is 5.88 Å². The third-order valence-corrected chi connectivity index (χ3v) is 9.19. The Bertz CT molecular complexity index is 1600. The van der Waals surface area contributed by atoms with Gasteiger partial charge in [0, 0.05) is 42.9 Å². The molecule has 1 aromatic heterocycles. The highest BCUT2D eigenvalue weighted by atomic mass is 32.2. The van der Waals surface area contributed by atoms with Crippen molar-refractivity contribution in [2.75, 3.05) is 30.9 Å². The van der Waals surface area contributed by atoms with Crippen LogP contribution in [0.3, 0.4) is 0 Å². The molecule has 0 saturated carbocycles. The number of aromatic nitrogens is 2. The number of aryl methyl sites for hydroxylation is 2. The zero-order valence-electron chi connectivity index (χ0n) is 26.2. The van der Waals surface area contributed by atoms with Crippen molar-refractivity contribution in [3.05, 3.63) is 65.2 Å². The molecule has 0 aliphatic carbocycles. The second-order valence-corrected chi connectivity index (χ2v) is 15.2. The first kappa shape index (κ1) is 30.9. The SMILES string of the molecule is Cc1cccc(C)c1-c1cc2nc(n1)NS(=O)(=O)c1cccc(c1)C(=O)N1C[C@@H](CN(CC(C)(C)C)[C@@H](CC(C)C)C1)O2. The van der Waals surface area contributed by atoms with Gasteiger partial charge in [-0.15, -0.1) is 0 Å². The normalized spacial score (nSPS) is 20.7. The summed E-state index contributed by atoms with van der Waals surface area (Å²) in [5, 5.41) is 0. The Morgan fingerprint density at radius 3 is 2.37 bits per heavy atom. The highest BCUT2D eigenvalue weighted by Crippen LogP contribution is 2.31. The Labute approximate surface area is 255 Å². The monoisotopic (exact) mass is 605 g/mol. The Balaban J connectivity index is 1.68. The van der Waals surface area contributed by atoms with E-state index < -0.39 is 16.1 Å². The zero-order valence-corrected chi connectivity index (χ0v) is 27.0. The van der Waals surface area contributed by atoms with Crippen LogP contribution in [0.1, 0.15) is 62.5 Å². The molecular formula is C33H43N5O4S. The number of hydrogen-bond donors (Lipinski definition) is 1. The van der Waals surface area contributed by atoms with Crippen molar-refractivity contribution in [3.8, 4) is 17.1 Å². The molecule has 0 spiro atoms.